The maximum atomic E-state index is 11.8. The van der Waals surface area contributed by atoms with Gasteiger partial charge in [0.25, 0.3) is 0 Å². The monoisotopic (exact) mass is 301 g/mol. The Bertz CT molecular complexity index is 397. The molecule has 0 aliphatic rings. The average Bonchev–Trinajstić information content (AvgIpc) is 2.44. The molecule has 0 saturated heterocycles. The lowest BCUT2D eigenvalue weighted by Gasteiger charge is -2.16. The van der Waals surface area contributed by atoms with E-state index in [0.717, 1.165) is 0 Å². The number of ketones is 1. The third kappa shape index (κ3) is 8.03. The quantitative estimate of drug-likeness (QED) is 0.412. The second-order valence-electron chi connectivity index (χ2n) is 4.60. The molecule has 21 heavy (non-hydrogen) atoms. The molecule has 0 aromatic carbocycles. The van der Waals surface area contributed by atoms with Crippen LogP contribution >= 0.6 is 0 Å². The molecule has 0 aromatic heterocycles. The zero-order chi connectivity index (χ0) is 16.4. The summed E-state index contributed by atoms with van der Waals surface area (Å²) in [5.74, 6) is -2.01. The number of nitrogens with one attached hydrogen (secondary N) is 3. The minimum Gasteiger partial charge on any atom is -0.481 e. The van der Waals surface area contributed by atoms with Gasteiger partial charge in [0.1, 0.15) is 0 Å². The molecule has 0 rings (SSSR count). The van der Waals surface area contributed by atoms with Crippen LogP contribution in [-0.2, 0) is 19.2 Å². The minimum atomic E-state index is -0.993. The van der Waals surface area contributed by atoms with Crippen LogP contribution in [0.2, 0.25) is 0 Å². The summed E-state index contributed by atoms with van der Waals surface area (Å²) in [4.78, 5) is 45.1. The van der Waals surface area contributed by atoms with Crippen LogP contribution in [0.1, 0.15) is 33.1 Å². The molecule has 0 radical (unpaired) electrons. The molecular formula is C13H23N3O5. The highest BCUT2D eigenvalue weighted by Gasteiger charge is 2.19. The summed E-state index contributed by atoms with van der Waals surface area (Å²) in [5, 5.41) is 16.1. The molecule has 8 heteroatoms. The van der Waals surface area contributed by atoms with Gasteiger partial charge in [-0.1, -0.05) is 6.92 Å². The Hall–Kier alpha value is -1.96. The first-order chi connectivity index (χ1) is 9.81. The van der Waals surface area contributed by atoms with Gasteiger partial charge >= 0.3 is 5.97 Å². The number of hydrogen-bond donors (Lipinski definition) is 4. The highest BCUT2D eigenvalue weighted by Crippen LogP contribution is 1.97. The molecule has 0 heterocycles. The van der Waals surface area contributed by atoms with E-state index in [0.29, 0.717) is 6.42 Å². The van der Waals surface area contributed by atoms with Gasteiger partial charge in [0.15, 0.2) is 5.78 Å². The van der Waals surface area contributed by atoms with Crippen molar-refractivity contribution in [2.45, 2.75) is 45.2 Å². The molecular weight excluding hydrogens is 278 g/mol. The fourth-order valence-corrected chi connectivity index (χ4v) is 1.64. The summed E-state index contributed by atoms with van der Waals surface area (Å²) < 4.78 is 0. The molecule has 0 aromatic rings. The number of carboxylic acids is 1. The van der Waals surface area contributed by atoms with Crippen LogP contribution in [0.4, 0.5) is 0 Å². The maximum Gasteiger partial charge on any atom is 0.303 e. The molecule has 2 amide bonds. The van der Waals surface area contributed by atoms with Gasteiger partial charge in [-0.15, -0.1) is 0 Å². The van der Waals surface area contributed by atoms with Gasteiger partial charge in [-0.2, -0.15) is 0 Å². The number of rotatable bonds is 10. The Morgan fingerprint density at radius 2 is 1.81 bits per heavy atom. The average molecular weight is 301 g/mol. The molecule has 0 aliphatic carbocycles. The van der Waals surface area contributed by atoms with Crippen LogP contribution in [0.3, 0.4) is 0 Å². The summed E-state index contributed by atoms with van der Waals surface area (Å²) in [5.41, 5.74) is 0. The number of amides is 2. The number of Topliss-reactive ketones (excluding diaryl/α,β-unsaturated/α-hetero) is 1. The lowest BCUT2D eigenvalue weighted by molar-refractivity contribution is -0.137. The normalized spacial score (nSPS) is 13.1. The molecule has 2 atom stereocenters. The van der Waals surface area contributed by atoms with E-state index in [2.05, 4.69) is 16.0 Å². The maximum absolute atomic E-state index is 11.8. The molecule has 0 saturated carbocycles. The zero-order valence-corrected chi connectivity index (χ0v) is 12.6. The van der Waals surface area contributed by atoms with E-state index in [4.69, 9.17) is 5.11 Å². The number of carbonyl (C=O) groups is 4. The van der Waals surface area contributed by atoms with Crippen molar-refractivity contribution in [3.63, 3.8) is 0 Å². The standard InChI is InChI=1S/C13H23N3O5/c1-4-10(17)8(2)16-11(18)7-15-13(21)9(14-3)5-6-12(19)20/h8-9,14H,4-7H2,1-3H3,(H,15,21)(H,16,18)(H,19,20)/t8-,9+/m1/s1. The van der Waals surface area contributed by atoms with Gasteiger partial charge in [0.2, 0.25) is 11.8 Å². The zero-order valence-electron chi connectivity index (χ0n) is 12.6. The van der Waals surface area contributed by atoms with Gasteiger partial charge < -0.3 is 21.1 Å². The van der Waals surface area contributed by atoms with Crippen molar-refractivity contribution >= 4 is 23.6 Å². The third-order valence-electron chi connectivity index (χ3n) is 2.94. The van der Waals surface area contributed by atoms with E-state index in [1.807, 2.05) is 0 Å². The fraction of sp³-hybridized carbons (Fsp3) is 0.692. The summed E-state index contributed by atoms with van der Waals surface area (Å²) in [6, 6.07) is -1.27. The van der Waals surface area contributed by atoms with Crippen LogP contribution < -0.4 is 16.0 Å². The Morgan fingerprint density at radius 1 is 1.19 bits per heavy atom. The van der Waals surface area contributed by atoms with Crippen LogP contribution in [0.5, 0.6) is 0 Å². The highest BCUT2D eigenvalue weighted by atomic mass is 16.4. The van der Waals surface area contributed by atoms with Crippen molar-refractivity contribution < 1.29 is 24.3 Å². The van der Waals surface area contributed by atoms with Gasteiger partial charge in [0, 0.05) is 12.8 Å². The Kier molecular flexibility index (Phi) is 8.95. The largest absolute Gasteiger partial charge is 0.481 e. The molecule has 120 valence electrons. The first-order valence-corrected chi connectivity index (χ1v) is 6.80. The van der Waals surface area contributed by atoms with Gasteiger partial charge in [-0.25, -0.2) is 0 Å². The van der Waals surface area contributed by atoms with Gasteiger partial charge in [-0.05, 0) is 20.4 Å². The van der Waals surface area contributed by atoms with E-state index in [-0.39, 0.29) is 25.2 Å². The Morgan fingerprint density at radius 3 is 2.29 bits per heavy atom. The van der Waals surface area contributed by atoms with Crippen LogP contribution in [0, 0.1) is 0 Å². The number of likely N-dealkylation sites (N-methyl/N-ethyl adjacent to an activating group) is 1. The summed E-state index contributed by atoms with van der Waals surface area (Å²) in [6.45, 7) is 3.02. The predicted molar refractivity (Wildman–Crippen MR) is 75.6 cm³/mol. The SMILES string of the molecule is CCC(=O)[C@@H](C)NC(=O)CNC(=O)[C@H](CCC(=O)O)NC. The molecule has 0 unspecified atom stereocenters. The molecule has 4 N–H and O–H groups in total. The molecule has 0 bridgehead atoms. The lowest BCUT2D eigenvalue weighted by atomic mass is 10.1. The van der Waals surface area contributed by atoms with E-state index in [1.165, 1.54) is 7.05 Å². The minimum absolute atomic E-state index is 0.0933. The summed E-state index contributed by atoms with van der Waals surface area (Å²) in [7, 11) is 1.54. The van der Waals surface area contributed by atoms with Crippen molar-refractivity contribution in [2.75, 3.05) is 13.6 Å². The van der Waals surface area contributed by atoms with Crippen molar-refractivity contribution in [3.05, 3.63) is 0 Å². The highest BCUT2D eigenvalue weighted by molar-refractivity contribution is 5.91. The first kappa shape index (κ1) is 19.0. The van der Waals surface area contributed by atoms with Crippen molar-refractivity contribution in [3.8, 4) is 0 Å². The van der Waals surface area contributed by atoms with Crippen LogP contribution in [-0.4, -0.2) is 54.3 Å². The van der Waals surface area contributed by atoms with Gasteiger partial charge in [-0.3, -0.25) is 19.2 Å². The third-order valence-corrected chi connectivity index (χ3v) is 2.94. The van der Waals surface area contributed by atoms with Crippen molar-refractivity contribution in [2.24, 2.45) is 0 Å². The number of hydrogen-bond acceptors (Lipinski definition) is 5. The smallest absolute Gasteiger partial charge is 0.303 e. The number of carbonyl (C=O) groups excluding carboxylic acids is 3. The molecule has 0 fully saturated rings. The summed E-state index contributed by atoms with van der Waals surface area (Å²) >= 11 is 0. The Balaban J connectivity index is 4.18. The van der Waals surface area contributed by atoms with Crippen LogP contribution in [0.25, 0.3) is 0 Å². The second kappa shape index (κ2) is 9.87. The second-order valence-corrected chi connectivity index (χ2v) is 4.60. The molecule has 8 nitrogen and oxygen atoms in total. The van der Waals surface area contributed by atoms with E-state index in [9.17, 15) is 19.2 Å². The topological polar surface area (TPSA) is 125 Å². The first-order valence-electron chi connectivity index (χ1n) is 6.80. The predicted octanol–water partition coefficient (Wildman–Crippen LogP) is -0.961. The lowest BCUT2D eigenvalue weighted by Crippen LogP contribution is -2.48. The Labute approximate surface area is 123 Å². The molecule has 0 aliphatic heterocycles. The van der Waals surface area contributed by atoms with Crippen LogP contribution in [0.15, 0.2) is 0 Å². The fourth-order valence-electron chi connectivity index (χ4n) is 1.64. The van der Waals surface area contributed by atoms with E-state index in [1.54, 1.807) is 13.8 Å². The van der Waals surface area contributed by atoms with Crippen molar-refractivity contribution in [1.29, 1.82) is 0 Å². The van der Waals surface area contributed by atoms with E-state index >= 15 is 0 Å². The number of aliphatic carboxylic acids is 1. The number of carboxylic acid groups (broad SMARTS) is 1. The van der Waals surface area contributed by atoms with Gasteiger partial charge in [0.05, 0.1) is 18.6 Å². The summed E-state index contributed by atoms with van der Waals surface area (Å²) in [6.07, 6.45) is 0.308. The van der Waals surface area contributed by atoms with E-state index < -0.39 is 29.9 Å². The molecule has 0 spiro atoms. The van der Waals surface area contributed by atoms with Crippen molar-refractivity contribution in [1.82, 2.24) is 16.0 Å².